The minimum Gasteiger partial charge on any atom is -0.409 e. The first-order valence-electron chi connectivity index (χ1n) is 6.25. The molecule has 1 aromatic rings. The molecule has 0 unspecified atom stereocenters. The molecule has 19 heavy (non-hydrogen) atoms. The van der Waals surface area contributed by atoms with Crippen molar-refractivity contribution in [3.63, 3.8) is 0 Å². The Labute approximate surface area is 111 Å². The Morgan fingerprint density at radius 2 is 2.37 bits per heavy atom. The quantitative estimate of drug-likeness (QED) is 0.314. The number of nitrogens with one attached hydrogen (secondary N) is 1. The highest BCUT2D eigenvalue weighted by Crippen LogP contribution is 2.41. The summed E-state index contributed by atoms with van der Waals surface area (Å²) in [6.45, 7) is 2.34. The average Bonchev–Trinajstić information content (AvgIpc) is 2.66. The minimum atomic E-state index is -0.829. The van der Waals surface area contributed by atoms with E-state index in [4.69, 9.17) is 10.9 Å². The van der Waals surface area contributed by atoms with E-state index in [1.165, 1.54) is 0 Å². The van der Waals surface area contributed by atoms with E-state index >= 15 is 0 Å². The lowest BCUT2D eigenvalue weighted by atomic mass is 9.67. The van der Waals surface area contributed by atoms with Gasteiger partial charge in [0.05, 0.1) is 6.20 Å². The molecular weight excluding hydrogens is 246 g/mol. The monoisotopic (exact) mass is 265 g/mol. The van der Waals surface area contributed by atoms with E-state index in [0.29, 0.717) is 19.4 Å². The molecule has 1 aliphatic rings. The number of amides is 1. The predicted molar refractivity (Wildman–Crippen MR) is 69.5 cm³/mol. The fraction of sp³-hybridized carbons (Fsp3) is 0.583. The van der Waals surface area contributed by atoms with Crippen LogP contribution in [-0.4, -0.2) is 26.7 Å². The molecule has 1 saturated carbocycles. The number of hydrogen-bond acceptors (Lipinski definition) is 4. The summed E-state index contributed by atoms with van der Waals surface area (Å²) in [5.41, 5.74) is 6.78. The number of aromatic nitrogens is 2. The Kier molecular flexibility index (Phi) is 3.46. The molecule has 1 aliphatic carbocycles. The molecule has 0 atom stereocenters. The smallest absolute Gasteiger partial charge is 0.234 e. The van der Waals surface area contributed by atoms with E-state index in [2.05, 4.69) is 15.6 Å². The third-order valence-electron chi connectivity index (χ3n) is 4.02. The Balaban J connectivity index is 2.03. The lowest BCUT2D eigenvalue weighted by molar-refractivity contribution is -0.131. The third-order valence-corrected chi connectivity index (χ3v) is 4.02. The van der Waals surface area contributed by atoms with Gasteiger partial charge in [0.2, 0.25) is 5.91 Å². The molecule has 7 heteroatoms. The first-order valence-corrected chi connectivity index (χ1v) is 6.25. The SMILES string of the molecule is Cc1c(CNC(=O)C2(C(N)=NO)CCC2)cnn1C. The average molecular weight is 265 g/mol. The van der Waals surface area contributed by atoms with Gasteiger partial charge in [-0.2, -0.15) is 5.10 Å². The molecule has 7 nitrogen and oxygen atoms in total. The summed E-state index contributed by atoms with van der Waals surface area (Å²) < 4.78 is 1.75. The fourth-order valence-electron chi connectivity index (χ4n) is 2.29. The van der Waals surface area contributed by atoms with Crippen LogP contribution in [0.25, 0.3) is 0 Å². The molecular formula is C12H19N5O2. The van der Waals surface area contributed by atoms with Crippen molar-refractivity contribution < 1.29 is 10.0 Å². The molecule has 1 amide bonds. The number of carbonyl (C=O) groups excluding carboxylic acids is 1. The summed E-state index contributed by atoms with van der Waals surface area (Å²) in [6.07, 6.45) is 3.89. The number of oxime groups is 1. The number of aryl methyl sites for hydroxylation is 1. The lowest BCUT2D eigenvalue weighted by Crippen LogP contribution is -2.53. The molecule has 1 fully saturated rings. The van der Waals surface area contributed by atoms with Crippen molar-refractivity contribution >= 4 is 11.7 Å². The molecule has 1 heterocycles. The van der Waals surface area contributed by atoms with E-state index in [1.807, 2.05) is 14.0 Å². The van der Waals surface area contributed by atoms with Gasteiger partial charge in [-0.1, -0.05) is 11.6 Å². The van der Waals surface area contributed by atoms with Gasteiger partial charge in [0.1, 0.15) is 5.41 Å². The third kappa shape index (κ3) is 2.16. The maximum atomic E-state index is 12.2. The zero-order valence-corrected chi connectivity index (χ0v) is 11.2. The molecule has 0 bridgehead atoms. The van der Waals surface area contributed by atoms with E-state index in [1.54, 1.807) is 10.9 Å². The summed E-state index contributed by atoms with van der Waals surface area (Å²) in [5.74, 6) is -0.184. The molecule has 4 N–H and O–H groups in total. The van der Waals surface area contributed by atoms with Crippen molar-refractivity contribution in [3.05, 3.63) is 17.5 Å². The second-order valence-electron chi connectivity index (χ2n) is 4.98. The highest BCUT2D eigenvalue weighted by atomic mass is 16.4. The molecule has 104 valence electrons. The van der Waals surface area contributed by atoms with Gasteiger partial charge < -0.3 is 16.3 Å². The van der Waals surface area contributed by atoms with E-state index < -0.39 is 5.41 Å². The van der Waals surface area contributed by atoms with Crippen LogP contribution in [0.15, 0.2) is 11.4 Å². The Morgan fingerprint density at radius 1 is 1.68 bits per heavy atom. The van der Waals surface area contributed by atoms with Crippen LogP contribution in [0, 0.1) is 12.3 Å². The van der Waals surface area contributed by atoms with Crippen LogP contribution in [0.5, 0.6) is 0 Å². The minimum absolute atomic E-state index is 0.000779. The number of nitrogens with zero attached hydrogens (tertiary/aromatic N) is 3. The highest BCUT2D eigenvalue weighted by molar-refractivity contribution is 6.07. The van der Waals surface area contributed by atoms with Crippen LogP contribution in [0.2, 0.25) is 0 Å². The van der Waals surface area contributed by atoms with Crippen molar-refractivity contribution in [3.8, 4) is 0 Å². The Hall–Kier alpha value is -2.05. The topological polar surface area (TPSA) is 106 Å². The summed E-state index contributed by atoms with van der Waals surface area (Å²) in [5, 5.41) is 18.7. The molecule has 0 aliphatic heterocycles. The van der Waals surface area contributed by atoms with E-state index in [-0.39, 0.29) is 11.7 Å². The van der Waals surface area contributed by atoms with Gasteiger partial charge in [0.25, 0.3) is 0 Å². The summed E-state index contributed by atoms with van der Waals surface area (Å²) in [6, 6.07) is 0. The van der Waals surface area contributed by atoms with Gasteiger partial charge in [0, 0.05) is 24.8 Å². The zero-order chi connectivity index (χ0) is 14.0. The number of nitrogens with two attached hydrogens (primary N) is 1. The van der Waals surface area contributed by atoms with Crippen LogP contribution in [0.3, 0.4) is 0 Å². The molecule has 0 radical (unpaired) electrons. The normalized spacial score (nSPS) is 17.9. The second kappa shape index (κ2) is 4.91. The van der Waals surface area contributed by atoms with Crippen LogP contribution >= 0.6 is 0 Å². The van der Waals surface area contributed by atoms with Crippen LogP contribution in [-0.2, 0) is 18.4 Å². The molecule has 1 aromatic heterocycles. The van der Waals surface area contributed by atoms with E-state index in [9.17, 15) is 4.79 Å². The number of amidine groups is 1. The van der Waals surface area contributed by atoms with Crippen molar-refractivity contribution in [2.24, 2.45) is 23.4 Å². The first kappa shape index (κ1) is 13.4. The van der Waals surface area contributed by atoms with Gasteiger partial charge in [-0.3, -0.25) is 9.48 Å². The predicted octanol–water partition coefficient (Wildman–Crippen LogP) is 0.261. The summed E-state index contributed by atoms with van der Waals surface area (Å²) in [7, 11) is 1.85. The zero-order valence-electron chi connectivity index (χ0n) is 11.2. The maximum absolute atomic E-state index is 12.2. The largest absolute Gasteiger partial charge is 0.409 e. The Morgan fingerprint density at radius 3 is 2.79 bits per heavy atom. The van der Waals surface area contributed by atoms with Crippen molar-refractivity contribution in [2.45, 2.75) is 32.7 Å². The molecule has 0 saturated heterocycles. The van der Waals surface area contributed by atoms with Gasteiger partial charge in [-0.25, -0.2) is 0 Å². The number of rotatable bonds is 4. The van der Waals surface area contributed by atoms with Crippen molar-refractivity contribution in [1.29, 1.82) is 0 Å². The van der Waals surface area contributed by atoms with E-state index in [0.717, 1.165) is 17.7 Å². The van der Waals surface area contributed by atoms with Crippen LogP contribution in [0.1, 0.15) is 30.5 Å². The van der Waals surface area contributed by atoms with Crippen molar-refractivity contribution in [1.82, 2.24) is 15.1 Å². The fourth-order valence-corrected chi connectivity index (χ4v) is 2.29. The molecule has 0 aromatic carbocycles. The second-order valence-corrected chi connectivity index (χ2v) is 4.98. The standard InChI is InChI=1S/C12H19N5O2/c1-8-9(7-15-17(8)2)6-14-11(18)12(4-3-5-12)10(13)16-19/h7,19H,3-6H2,1-2H3,(H2,13,16)(H,14,18). The summed E-state index contributed by atoms with van der Waals surface area (Å²) in [4.78, 5) is 12.2. The van der Waals surface area contributed by atoms with Gasteiger partial charge >= 0.3 is 0 Å². The Bertz CT molecular complexity index is 516. The molecule has 0 spiro atoms. The first-order chi connectivity index (χ1) is 9.01. The number of carbonyl (C=O) groups is 1. The number of hydrogen-bond donors (Lipinski definition) is 3. The van der Waals surface area contributed by atoms with Gasteiger partial charge in [-0.15, -0.1) is 0 Å². The summed E-state index contributed by atoms with van der Waals surface area (Å²) >= 11 is 0. The van der Waals surface area contributed by atoms with Crippen molar-refractivity contribution in [2.75, 3.05) is 0 Å². The lowest BCUT2D eigenvalue weighted by Gasteiger charge is -2.38. The highest BCUT2D eigenvalue weighted by Gasteiger charge is 2.48. The van der Waals surface area contributed by atoms with Gasteiger partial charge in [-0.05, 0) is 19.8 Å². The van der Waals surface area contributed by atoms with Crippen LogP contribution in [0.4, 0.5) is 0 Å². The maximum Gasteiger partial charge on any atom is 0.234 e. The van der Waals surface area contributed by atoms with Gasteiger partial charge in [0.15, 0.2) is 5.84 Å². The van der Waals surface area contributed by atoms with Crippen LogP contribution < -0.4 is 11.1 Å². The molecule has 2 rings (SSSR count).